The summed E-state index contributed by atoms with van der Waals surface area (Å²) in [4.78, 5) is 42.7. The molecule has 0 saturated heterocycles. The molecule has 2 aromatic rings. The number of imide groups is 1. The first-order valence-electron chi connectivity index (χ1n) is 12.1. The van der Waals surface area contributed by atoms with Gasteiger partial charge < -0.3 is 10.2 Å². The van der Waals surface area contributed by atoms with Gasteiger partial charge in [-0.3, -0.25) is 19.8 Å². The Kier molecular flexibility index (Phi) is 9.77. The standard InChI is InChI=1S/C25H29N7O5S2/c1-4-12-31-13-9-19-20(16-31)38-24(21(19)23(34)29-25(35)30(2)3)28-22(33)17-5-7-18(8-6-17)39(36,37)32(14-10-26)15-11-27/h5-8H,4,9,12-16H2,1-3H3,(H,28,33)(H,29,34,35). The van der Waals surface area contributed by atoms with Crippen LogP contribution in [-0.4, -0.2) is 80.6 Å². The van der Waals surface area contributed by atoms with Crippen LogP contribution in [0.1, 0.15) is 44.5 Å². The molecular weight excluding hydrogens is 542 g/mol. The summed E-state index contributed by atoms with van der Waals surface area (Å²) in [5.41, 5.74) is 1.18. The molecule has 1 aromatic heterocycles. The van der Waals surface area contributed by atoms with E-state index >= 15 is 0 Å². The summed E-state index contributed by atoms with van der Waals surface area (Å²) in [7, 11) is -1.08. The first-order chi connectivity index (χ1) is 18.5. The van der Waals surface area contributed by atoms with Gasteiger partial charge in [0, 0.05) is 37.6 Å². The van der Waals surface area contributed by atoms with Crippen LogP contribution in [0.3, 0.4) is 0 Å². The SMILES string of the molecule is CCCN1CCc2c(sc(NC(=O)c3ccc(S(=O)(=O)N(CC#N)CC#N)cc3)c2C(=O)NC(=O)N(C)C)C1. The highest BCUT2D eigenvalue weighted by Gasteiger charge is 2.30. The molecule has 4 amide bonds. The summed E-state index contributed by atoms with van der Waals surface area (Å²) in [5, 5.41) is 23.2. The molecule has 1 aliphatic rings. The van der Waals surface area contributed by atoms with Gasteiger partial charge in [0.15, 0.2) is 0 Å². The third-order valence-electron chi connectivity index (χ3n) is 6.00. The number of sulfonamides is 1. The lowest BCUT2D eigenvalue weighted by Crippen LogP contribution is -2.39. The van der Waals surface area contributed by atoms with Crippen molar-refractivity contribution in [3.05, 3.63) is 45.8 Å². The number of anilines is 1. The van der Waals surface area contributed by atoms with Gasteiger partial charge in [0.2, 0.25) is 10.0 Å². The number of nitrogens with zero attached hydrogens (tertiary/aromatic N) is 5. The third kappa shape index (κ3) is 6.79. The molecule has 206 valence electrons. The van der Waals surface area contributed by atoms with Crippen molar-refractivity contribution in [2.24, 2.45) is 0 Å². The van der Waals surface area contributed by atoms with Gasteiger partial charge in [-0.2, -0.15) is 14.8 Å². The molecule has 0 fully saturated rings. The van der Waals surface area contributed by atoms with Gasteiger partial charge in [-0.25, -0.2) is 13.2 Å². The minimum absolute atomic E-state index is 0.135. The monoisotopic (exact) mass is 571 g/mol. The number of rotatable bonds is 9. The van der Waals surface area contributed by atoms with Gasteiger partial charge in [0.25, 0.3) is 11.8 Å². The summed E-state index contributed by atoms with van der Waals surface area (Å²) in [6.45, 7) is 3.38. The van der Waals surface area contributed by atoms with Crippen LogP contribution < -0.4 is 10.6 Å². The second-order valence-electron chi connectivity index (χ2n) is 8.96. The van der Waals surface area contributed by atoms with Crippen LogP contribution in [0.15, 0.2) is 29.2 Å². The number of fused-ring (bicyclic) bond motifs is 1. The second kappa shape index (κ2) is 12.8. The van der Waals surface area contributed by atoms with Crippen LogP contribution in [0, 0.1) is 22.7 Å². The van der Waals surface area contributed by atoms with Crippen LogP contribution in [-0.2, 0) is 23.0 Å². The van der Waals surface area contributed by atoms with E-state index in [4.69, 9.17) is 10.5 Å². The average molecular weight is 572 g/mol. The highest BCUT2D eigenvalue weighted by molar-refractivity contribution is 7.89. The fourth-order valence-electron chi connectivity index (χ4n) is 4.05. The minimum Gasteiger partial charge on any atom is -0.331 e. The summed E-state index contributed by atoms with van der Waals surface area (Å²) in [6, 6.07) is 7.92. The molecule has 2 N–H and O–H groups in total. The largest absolute Gasteiger partial charge is 0.331 e. The fraction of sp³-hybridized carbons (Fsp3) is 0.400. The number of nitrogens with one attached hydrogen (secondary N) is 2. The van der Waals surface area contributed by atoms with E-state index in [1.807, 2.05) is 0 Å². The number of hydrogen-bond donors (Lipinski definition) is 2. The van der Waals surface area contributed by atoms with Crippen molar-refractivity contribution in [3.8, 4) is 12.1 Å². The Hall–Kier alpha value is -3.82. The van der Waals surface area contributed by atoms with Gasteiger partial charge in [0.1, 0.15) is 18.1 Å². The summed E-state index contributed by atoms with van der Waals surface area (Å²) in [5.74, 6) is -1.18. The highest BCUT2D eigenvalue weighted by atomic mass is 32.2. The van der Waals surface area contributed by atoms with E-state index in [9.17, 15) is 22.8 Å². The van der Waals surface area contributed by atoms with Gasteiger partial charge >= 0.3 is 6.03 Å². The maximum absolute atomic E-state index is 13.1. The Balaban J connectivity index is 1.89. The lowest BCUT2D eigenvalue weighted by molar-refractivity contribution is 0.0956. The van der Waals surface area contributed by atoms with Crippen molar-refractivity contribution in [1.82, 2.24) is 19.4 Å². The molecule has 0 radical (unpaired) electrons. The van der Waals surface area contributed by atoms with Crippen LogP contribution in [0.25, 0.3) is 0 Å². The second-order valence-corrected chi connectivity index (χ2v) is 12.0. The first kappa shape index (κ1) is 29.7. The van der Waals surface area contributed by atoms with E-state index in [0.29, 0.717) is 18.0 Å². The average Bonchev–Trinajstić information content (AvgIpc) is 3.25. The van der Waals surface area contributed by atoms with Crippen LogP contribution >= 0.6 is 11.3 Å². The zero-order valence-electron chi connectivity index (χ0n) is 21.9. The van der Waals surface area contributed by atoms with Crippen molar-refractivity contribution in [2.45, 2.75) is 31.2 Å². The smallest absolute Gasteiger partial charge is 0.323 e. The van der Waals surface area contributed by atoms with Gasteiger partial charge in [-0.1, -0.05) is 6.92 Å². The van der Waals surface area contributed by atoms with E-state index in [-0.39, 0.29) is 16.0 Å². The van der Waals surface area contributed by atoms with E-state index in [2.05, 4.69) is 22.5 Å². The van der Waals surface area contributed by atoms with Crippen LogP contribution in [0.5, 0.6) is 0 Å². The zero-order chi connectivity index (χ0) is 28.7. The summed E-state index contributed by atoms with van der Waals surface area (Å²) < 4.78 is 26.3. The lowest BCUT2D eigenvalue weighted by Gasteiger charge is -2.26. The van der Waals surface area contributed by atoms with Crippen molar-refractivity contribution in [3.63, 3.8) is 0 Å². The Morgan fingerprint density at radius 3 is 2.28 bits per heavy atom. The minimum atomic E-state index is -4.11. The molecule has 0 atom stereocenters. The normalized spacial score (nSPS) is 13.2. The third-order valence-corrected chi connectivity index (χ3v) is 8.94. The Morgan fingerprint density at radius 2 is 1.72 bits per heavy atom. The number of amides is 4. The lowest BCUT2D eigenvalue weighted by atomic mass is 10.0. The molecule has 12 nitrogen and oxygen atoms in total. The predicted molar refractivity (Wildman–Crippen MR) is 145 cm³/mol. The number of nitriles is 2. The molecule has 1 aromatic carbocycles. The van der Waals surface area contributed by atoms with E-state index in [0.717, 1.165) is 34.3 Å². The van der Waals surface area contributed by atoms with Crippen molar-refractivity contribution in [1.29, 1.82) is 10.5 Å². The van der Waals surface area contributed by atoms with Crippen molar-refractivity contribution < 1.29 is 22.8 Å². The Labute approximate surface area is 231 Å². The molecule has 0 bridgehead atoms. The molecule has 39 heavy (non-hydrogen) atoms. The molecular formula is C25H29N7O5S2. The zero-order valence-corrected chi connectivity index (χ0v) is 23.5. The van der Waals surface area contributed by atoms with Gasteiger partial charge in [0.05, 0.1) is 22.6 Å². The Bertz CT molecular complexity index is 1420. The summed E-state index contributed by atoms with van der Waals surface area (Å²) in [6.07, 6.45) is 1.57. The topological polar surface area (TPSA) is 167 Å². The molecule has 0 spiro atoms. The van der Waals surface area contributed by atoms with E-state index < -0.39 is 41.0 Å². The number of benzene rings is 1. The maximum Gasteiger partial charge on any atom is 0.323 e. The summed E-state index contributed by atoms with van der Waals surface area (Å²) >= 11 is 1.28. The van der Waals surface area contributed by atoms with Crippen LogP contribution in [0.2, 0.25) is 0 Å². The number of hydrogen-bond acceptors (Lipinski definition) is 9. The number of carbonyl (C=O) groups excluding carboxylic acids is 3. The predicted octanol–water partition coefficient (Wildman–Crippen LogP) is 2.22. The van der Waals surface area contributed by atoms with E-state index in [1.165, 1.54) is 54.6 Å². The molecule has 3 rings (SSSR count). The Morgan fingerprint density at radius 1 is 1.08 bits per heavy atom. The maximum atomic E-state index is 13.1. The van der Waals surface area contributed by atoms with Gasteiger partial charge in [-0.05, 0) is 49.2 Å². The van der Waals surface area contributed by atoms with E-state index in [1.54, 1.807) is 12.1 Å². The highest BCUT2D eigenvalue weighted by Crippen LogP contribution is 2.37. The molecule has 14 heteroatoms. The molecule has 0 unspecified atom stereocenters. The van der Waals surface area contributed by atoms with Crippen molar-refractivity contribution in [2.75, 3.05) is 45.6 Å². The molecule has 0 saturated carbocycles. The number of urea groups is 1. The molecule has 2 heterocycles. The van der Waals surface area contributed by atoms with Crippen molar-refractivity contribution >= 4 is 44.2 Å². The molecule has 0 aliphatic carbocycles. The number of thiophene rings is 1. The molecule has 1 aliphatic heterocycles. The quantitative estimate of drug-likeness (QED) is 0.432. The van der Waals surface area contributed by atoms with Gasteiger partial charge in [-0.15, -0.1) is 11.3 Å². The van der Waals surface area contributed by atoms with Crippen LogP contribution in [0.4, 0.5) is 9.80 Å². The fourth-order valence-corrected chi connectivity index (χ4v) is 6.57. The number of carbonyl (C=O) groups is 3. The first-order valence-corrected chi connectivity index (χ1v) is 14.3.